The van der Waals surface area contributed by atoms with Crippen LogP contribution in [0.2, 0.25) is 0 Å². The van der Waals surface area contributed by atoms with Gasteiger partial charge in [-0.3, -0.25) is 9.67 Å². The maximum Gasteiger partial charge on any atom is 0.0625 e. The van der Waals surface area contributed by atoms with Gasteiger partial charge in [-0.15, -0.1) is 0 Å². The van der Waals surface area contributed by atoms with Crippen molar-refractivity contribution in [3.8, 4) is 0 Å². The minimum absolute atomic E-state index is 0.175. The summed E-state index contributed by atoms with van der Waals surface area (Å²) in [6.07, 6.45) is 10.1. The first-order valence-corrected chi connectivity index (χ1v) is 7.42. The summed E-state index contributed by atoms with van der Waals surface area (Å²) in [5, 5.41) is 8.05. The lowest BCUT2D eigenvalue weighted by Crippen LogP contribution is -2.23. The second-order valence-corrected chi connectivity index (χ2v) is 5.16. The lowest BCUT2D eigenvalue weighted by Gasteiger charge is -2.19. The highest BCUT2D eigenvalue weighted by molar-refractivity contribution is 5.32. The minimum atomic E-state index is 0.175. The van der Waals surface area contributed by atoms with Crippen LogP contribution in [-0.2, 0) is 6.54 Å². The van der Waals surface area contributed by atoms with Gasteiger partial charge in [-0.2, -0.15) is 5.10 Å². The number of hydrogen-bond acceptors (Lipinski definition) is 3. The molecule has 108 valence electrons. The first-order valence-electron chi connectivity index (χ1n) is 7.42. The Morgan fingerprint density at radius 1 is 1.25 bits per heavy atom. The van der Waals surface area contributed by atoms with E-state index in [4.69, 9.17) is 0 Å². The van der Waals surface area contributed by atoms with Crippen molar-refractivity contribution >= 4 is 0 Å². The first kappa shape index (κ1) is 14.7. The minimum Gasteiger partial charge on any atom is -0.306 e. The quantitative estimate of drug-likeness (QED) is 0.842. The van der Waals surface area contributed by atoms with Crippen molar-refractivity contribution in [1.29, 1.82) is 0 Å². The molecular formula is C16H24N4. The molecular weight excluding hydrogens is 248 g/mol. The van der Waals surface area contributed by atoms with E-state index < -0.39 is 0 Å². The Morgan fingerprint density at radius 3 is 2.80 bits per heavy atom. The van der Waals surface area contributed by atoms with Crippen molar-refractivity contribution in [3.63, 3.8) is 0 Å². The number of hydrogen-bond donors (Lipinski definition) is 1. The molecule has 0 fully saturated rings. The molecule has 2 aromatic rings. The average molecular weight is 272 g/mol. The van der Waals surface area contributed by atoms with Gasteiger partial charge in [-0.05, 0) is 43.5 Å². The largest absolute Gasteiger partial charge is 0.306 e. The lowest BCUT2D eigenvalue weighted by molar-refractivity contribution is 0.585. The molecule has 0 amide bonds. The summed E-state index contributed by atoms with van der Waals surface area (Å²) in [5.41, 5.74) is 3.71. The molecule has 1 N–H and O–H groups in total. The molecule has 2 heterocycles. The highest BCUT2D eigenvalue weighted by atomic mass is 15.3. The maximum atomic E-state index is 4.45. The summed E-state index contributed by atoms with van der Waals surface area (Å²) >= 11 is 0. The van der Waals surface area contributed by atoms with E-state index in [0.717, 1.165) is 25.9 Å². The van der Waals surface area contributed by atoms with Gasteiger partial charge in [0, 0.05) is 30.7 Å². The molecule has 0 aliphatic carbocycles. The van der Waals surface area contributed by atoms with Crippen LogP contribution in [0.3, 0.4) is 0 Å². The fourth-order valence-electron chi connectivity index (χ4n) is 2.35. The van der Waals surface area contributed by atoms with Gasteiger partial charge in [-0.25, -0.2) is 0 Å². The topological polar surface area (TPSA) is 42.7 Å². The normalized spacial score (nSPS) is 12.6. The smallest absolute Gasteiger partial charge is 0.0625 e. The zero-order chi connectivity index (χ0) is 14.4. The average Bonchev–Trinajstić information content (AvgIpc) is 2.90. The van der Waals surface area contributed by atoms with Gasteiger partial charge in [0.1, 0.15) is 0 Å². The molecule has 0 bridgehead atoms. The molecule has 0 aromatic carbocycles. The third-order valence-electron chi connectivity index (χ3n) is 3.43. The highest BCUT2D eigenvalue weighted by Crippen LogP contribution is 2.23. The van der Waals surface area contributed by atoms with Gasteiger partial charge >= 0.3 is 0 Å². The molecule has 4 heteroatoms. The summed E-state index contributed by atoms with van der Waals surface area (Å²) in [7, 11) is 0. The Balaban J connectivity index is 2.29. The number of aromatic nitrogens is 3. The summed E-state index contributed by atoms with van der Waals surface area (Å²) in [4.78, 5) is 4.28. The van der Waals surface area contributed by atoms with Crippen molar-refractivity contribution in [2.75, 3.05) is 6.54 Å². The Hall–Kier alpha value is -1.68. The van der Waals surface area contributed by atoms with Gasteiger partial charge in [0.2, 0.25) is 0 Å². The molecule has 4 nitrogen and oxygen atoms in total. The molecule has 0 radical (unpaired) electrons. The van der Waals surface area contributed by atoms with E-state index in [0.29, 0.717) is 0 Å². The van der Waals surface area contributed by atoms with Gasteiger partial charge in [0.15, 0.2) is 0 Å². The highest BCUT2D eigenvalue weighted by Gasteiger charge is 2.17. The molecule has 0 spiro atoms. The van der Waals surface area contributed by atoms with Crippen molar-refractivity contribution in [2.24, 2.45) is 0 Å². The Labute approximate surface area is 121 Å². The van der Waals surface area contributed by atoms with Crippen LogP contribution in [0.15, 0.2) is 30.9 Å². The summed E-state index contributed by atoms with van der Waals surface area (Å²) in [6, 6.07) is 2.24. The van der Waals surface area contributed by atoms with Crippen molar-refractivity contribution in [3.05, 3.63) is 47.5 Å². The SMILES string of the molecule is CCCNC(c1cnn(CCC)c1)c1cnccc1C. The number of aryl methyl sites for hydroxylation is 2. The number of nitrogens with zero attached hydrogens (tertiary/aromatic N) is 3. The third kappa shape index (κ3) is 3.45. The van der Waals surface area contributed by atoms with Crippen LogP contribution >= 0.6 is 0 Å². The molecule has 1 unspecified atom stereocenters. The molecule has 0 aliphatic rings. The van der Waals surface area contributed by atoms with E-state index in [1.165, 1.54) is 16.7 Å². The Kier molecular flexibility index (Phi) is 5.30. The molecule has 0 saturated heterocycles. The van der Waals surface area contributed by atoms with Gasteiger partial charge < -0.3 is 5.32 Å². The predicted molar refractivity (Wildman–Crippen MR) is 81.6 cm³/mol. The molecule has 1 atom stereocenters. The third-order valence-corrected chi connectivity index (χ3v) is 3.43. The van der Waals surface area contributed by atoms with E-state index >= 15 is 0 Å². The second kappa shape index (κ2) is 7.20. The molecule has 2 rings (SSSR count). The fourth-order valence-corrected chi connectivity index (χ4v) is 2.35. The van der Waals surface area contributed by atoms with E-state index in [-0.39, 0.29) is 6.04 Å². The van der Waals surface area contributed by atoms with E-state index in [2.05, 4.69) is 48.4 Å². The second-order valence-electron chi connectivity index (χ2n) is 5.16. The zero-order valence-electron chi connectivity index (χ0n) is 12.6. The summed E-state index contributed by atoms with van der Waals surface area (Å²) in [5.74, 6) is 0. The number of pyridine rings is 1. The monoisotopic (exact) mass is 272 g/mol. The van der Waals surface area contributed by atoms with Crippen molar-refractivity contribution < 1.29 is 0 Å². The zero-order valence-corrected chi connectivity index (χ0v) is 12.6. The van der Waals surface area contributed by atoms with E-state index in [9.17, 15) is 0 Å². The molecule has 0 aliphatic heterocycles. The van der Waals surface area contributed by atoms with E-state index in [1.807, 2.05) is 23.3 Å². The van der Waals surface area contributed by atoms with Crippen LogP contribution in [-0.4, -0.2) is 21.3 Å². The van der Waals surface area contributed by atoms with Gasteiger partial charge in [0.05, 0.1) is 12.2 Å². The standard InChI is InChI=1S/C16H24N4/c1-4-7-18-16(15-11-17-8-6-13(15)3)14-10-19-20(12-14)9-5-2/h6,8,10-12,16,18H,4-5,7,9H2,1-3H3. The van der Waals surface area contributed by atoms with Crippen molar-refractivity contribution in [2.45, 2.75) is 46.2 Å². The van der Waals surface area contributed by atoms with Crippen LogP contribution in [0.1, 0.15) is 49.4 Å². The van der Waals surface area contributed by atoms with Crippen LogP contribution in [0.5, 0.6) is 0 Å². The van der Waals surface area contributed by atoms with Gasteiger partial charge in [-0.1, -0.05) is 13.8 Å². The molecule has 0 saturated carbocycles. The fraction of sp³-hybridized carbons (Fsp3) is 0.500. The number of rotatable bonds is 7. The van der Waals surface area contributed by atoms with Crippen LogP contribution in [0, 0.1) is 6.92 Å². The summed E-state index contributed by atoms with van der Waals surface area (Å²) < 4.78 is 2.02. The Morgan fingerprint density at radius 2 is 2.10 bits per heavy atom. The van der Waals surface area contributed by atoms with E-state index in [1.54, 1.807) is 0 Å². The van der Waals surface area contributed by atoms with Crippen LogP contribution < -0.4 is 5.32 Å². The van der Waals surface area contributed by atoms with Crippen LogP contribution in [0.25, 0.3) is 0 Å². The lowest BCUT2D eigenvalue weighted by atomic mass is 9.99. The molecule has 20 heavy (non-hydrogen) atoms. The Bertz CT molecular complexity index is 533. The van der Waals surface area contributed by atoms with Gasteiger partial charge in [0.25, 0.3) is 0 Å². The first-order chi connectivity index (χ1) is 9.76. The maximum absolute atomic E-state index is 4.45. The predicted octanol–water partition coefficient (Wildman–Crippen LogP) is 3.09. The molecule has 2 aromatic heterocycles. The number of nitrogens with one attached hydrogen (secondary N) is 1. The van der Waals surface area contributed by atoms with Crippen LogP contribution in [0.4, 0.5) is 0 Å². The van der Waals surface area contributed by atoms with Crippen molar-refractivity contribution in [1.82, 2.24) is 20.1 Å². The summed E-state index contributed by atoms with van der Waals surface area (Å²) in [6.45, 7) is 8.43.